The SMILES string of the molecule is CCNC(=NCC(C)CO)N(C)Cc1cc(Cl)cn1C.I. The molecular weight excluding hydrogens is 403 g/mol. The van der Waals surface area contributed by atoms with Gasteiger partial charge in [0.2, 0.25) is 0 Å². The maximum absolute atomic E-state index is 9.07. The van der Waals surface area contributed by atoms with Crippen molar-refractivity contribution in [3.63, 3.8) is 0 Å². The van der Waals surface area contributed by atoms with Crippen molar-refractivity contribution in [3.8, 4) is 0 Å². The van der Waals surface area contributed by atoms with Gasteiger partial charge in [0, 0.05) is 45.7 Å². The number of hydrogen-bond acceptors (Lipinski definition) is 2. The fraction of sp³-hybridized carbons (Fsp3) is 0.643. The van der Waals surface area contributed by atoms with Crippen LogP contribution in [0.4, 0.5) is 0 Å². The number of rotatable bonds is 6. The van der Waals surface area contributed by atoms with E-state index in [0.29, 0.717) is 6.54 Å². The van der Waals surface area contributed by atoms with Gasteiger partial charge in [0.25, 0.3) is 0 Å². The van der Waals surface area contributed by atoms with Gasteiger partial charge in [0.1, 0.15) is 0 Å². The Bertz CT molecular complexity index is 450. The number of halogens is 2. The highest BCUT2D eigenvalue weighted by Crippen LogP contribution is 2.14. The third-order valence-electron chi connectivity index (χ3n) is 3.03. The van der Waals surface area contributed by atoms with Gasteiger partial charge in [-0.3, -0.25) is 4.99 Å². The molecule has 0 aliphatic carbocycles. The normalized spacial score (nSPS) is 12.8. The maximum Gasteiger partial charge on any atom is 0.194 e. The molecule has 0 aliphatic heterocycles. The molecule has 0 bridgehead atoms. The van der Waals surface area contributed by atoms with E-state index in [1.54, 1.807) is 0 Å². The summed E-state index contributed by atoms with van der Waals surface area (Å²) in [5.41, 5.74) is 1.12. The van der Waals surface area contributed by atoms with Gasteiger partial charge in [0.15, 0.2) is 5.96 Å². The van der Waals surface area contributed by atoms with Crippen LogP contribution in [0.1, 0.15) is 19.5 Å². The molecule has 1 rings (SSSR count). The zero-order valence-corrected chi connectivity index (χ0v) is 16.2. The van der Waals surface area contributed by atoms with E-state index in [0.717, 1.165) is 29.8 Å². The van der Waals surface area contributed by atoms with Crippen LogP contribution in [0, 0.1) is 5.92 Å². The zero-order valence-electron chi connectivity index (χ0n) is 13.1. The second-order valence-electron chi connectivity index (χ2n) is 5.10. The van der Waals surface area contributed by atoms with Crippen LogP contribution in [-0.4, -0.2) is 47.3 Å². The Labute approximate surface area is 149 Å². The van der Waals surface area contributed by atoms with Gasteiger partial charge in [-0.05, 0) is 18.9 Å². The number of hydrogen-bond donors (Lipinski definition) is 2. The minimum absolute atomic E-state index is 0. The monoisotopic (exact) mass is 428 g/mol. The Morgan fingerprint density at radius 1 is 1.57 bits per heavy atom. The van der Waals surface area contributed by atoms with Crippen molar-refractivity contribution in [2.45, 2.75) is 20.4 Å². The minimum Gasteiger partial charge on any atom is -0.396 e. The summed E-state index contributed by atoms with van der Waals surface area (Å²) in [5, 5.41) is 13.1. The van der Waals surface area contributed by atoms with Crippen LogP contribution in [0.5, 0.6) is 0 Å². The Kier molecular flexibility index (Phi) is 10.1. The van der Waals surface area contributed by atoms with Gasteiger partial charge in [-0.25, -0.2) is 0 Å². The third kappa shape index (κ3) is 6.88. The molecule has 0 fully saturated rings. The largest absolute Gasteiger partial charge is 0.396 e. The van der Waals surface area contributed by atoms with E-state index < -0.39 is 0 Å². The molecule has 0 aliphatic rings. The number of aliphatic imine (C=N–C) groups is 1. The zero-order chi connectivity index (χ0) is 15.1. The summed E-state index contributed by atoms with van der Waals surface area (Å²) < 4.78 is 2.01. The van der Waals surface area contributed by atoms with E-state index in [1.807, 2.05) is 44.8 Å². The lowest BCUT2D eigenvalue weighted by molar-refractivity contribution is 0.241. The molecule has 0 amide bonds. The van der Waals surface area contributed by atoms with Crippen LogP contribution in [0.25, 0.3) is 0 Å². The summed E-state index contributed by atoms with van der Waals surface area (Å²) in [7, 11) is 3.97. The van der Waals surface area contributed by atoms with Crippen molar-refractivity contribution in [1.82, 2.24) is 14.8 Å². The first kappa shape index (κ1) is 20.5. The Morgan fingerprint density at radius 2 is 2.24 bits per heavy atom. The van der Waals surface area contributed by atoms with Crippen molar-refractivity contribution in [2.75, 3.05) is 26.7 Å². The van der Waals surface area contributed by atoms with Crippen LogP contribution in [-0.2, 0) is 13.6 Å². The molecule has 2 N–H and O–H groups in total. The Balaban J connectivity index is 0.00000400. The molecule has 0 saturated carbocycles. The predicted octanol–water partition coefficient (Wildman–Crippen LogP) is 2.32. The Morgan fingerprint density at radius 3 is 2.71 bits per heavy atom. The molecule has 7 heteroatoms. The quantitative estimate of drug-likeness (QED) is 0.415. The summed E-state index contributed by atoms with van der Waals surface area (Å²) in [4.78, 5) is 6.60. The smallest absolute Gasteiger partial charge is 0.194 e. The van der Waals surface area contributed by atoms with Crippen molar-refractivity contribution in [2.24, 2.45) is 18.0 Å². The molecule has 5 nitrogen and oxygen atoms in total. The molecule has 1 unspecified atom stereocenters. The average Bonchev–Trinajstić information content (AvgIpc) is 2.72. The summed E-state index contributed by atoms with van der Waals surface area (Å²) in [6.07, 6.45) is 1.89. The predicted molar refractivity (Wildman–Crippen MR) is 99.5 cm³/mol. The number of nitrogens with one attached hydrogen (secondary N) is 1. The fourth-order valence-electron chi connectivity index (χ4n) is 1.81. The second-order valence-corrected chi connectivity index (χ2v) is 5.54. The van der Waals surface area contributed by atoms with E-state index in [2.05, 4.69) is 15.2 Å². The van der Waals surface area contributed by atoms with E-state index in [1.165, 1.54) is 0 Å². The van der Waals surface area contributed by atoms with Gasteiger partial charge >= 0.3 is 0 Å². The number of guanidine groups is 1. The van der Waals surface area contributed by atoms with Gasteiger partial charge in [-0.1, -0.05) is 18.5 Å². The van der Waals surface area contributed by atoms with Crippen LogP contribution < -0.4 is 5.32 Å². The standard InChI is InChI=1S/C14H25ClN4O.HI/c1-5-16-14(17-7-11(2)10-20)19(4)9-13-6-12(15)8-18(13)3;/h6,8,11,20H,5,7,9-10H2,1-4H3,(H,16,17);1H. The van der Waals surface area contributed by atoms with Crippen molar-refractivity contribution in [3.05, 3.63) is 23.0 Å². The first-order chi connectivity index (χ1) is 9.47. The molecule has 1 atom stereocenters. The van der Waals surface area contributed by atoms with Crippen LogP contribution >= 0.6 is 35.6 Å². The highest BCUT2D eigenvalue weighted by Gasteiger charge is 2.10. The number of nitrogens with zero attached hydrogens (tertiary/aromatic N) is 3. The van der Waals surface area contributed by atoms with E-state index in [4.69, 9.17) is 16.7 Å². The van der Waals surface area contributed by atoms with Gasteiger partial charge < -0.3 is 19.9 Å². The van der Waals surface area contributed by atoms with Crippen molar-refractivity contribution < 1.29 is 5.11 Å². The second kappa shape index (κ2) is 10.3. The number of aromatic nitrogens is 1. The summed E-state index contributed by atoms with van der Waals surface area (Å²) >= 11 is 6.00. The van der Waals surface area contributed by atoms with Gasteiger partial charge in [-0.15, -0.1) is 24.0 Å². The third-order valence-corrected chi connectivity index (χ3v) is 3.24. The van der Waals surface area contributed by atoms with Crippen molar-refractivity contribution in [1.29, 1.82) is 0 Å². The Hall–Kier alpha value is -0.470. The highest BCUT2D eigenvalue weighted by molar-refractivity contribution is 14.0. The molecule has 0 saturated heterocycles. The van der Waals surface area contributed by atoms with Crippen LogP contribution in [0.3, 0.4) is 0 Å². The fourth-order valence-corrected chi connectivity index (χ4v) is 2.08. The first-order valence-corrected chi connectivity index (χ1v) is 7.26. The molecule has 0 radical (unpaired) electrons. The molecular formula is C14H26ClIN4O. The lowest BCUT2D eigenvalue weighted by Crippen LogP contribution is -2.39. The number of aryl methyl sites for hydroxylation is 1. The molecule has 0 spiro atoms. The summed E-state index contributed by atoms with van der Waals surface area (Å²) in [6, 6.07) is 1.96. The molecule has 21 heavy (non-hydrogen) atoms. The van der Waals surface area contributed by atoms with E-state index >= 15 is 0 Å². The van der Waals surface area contributed by atoms with Crippen LogP contribution in [0.15, 0.2) is 17.3 Å². The van der Waals surface area contributed by atoms with Crippen LogP contribution in [0.2, 0.25) is 5.02 Å². The summed E-state index contributed by atoms with van der Waals surface area (Å²) in [6.45, 7) is 6.31. The first-order valence-electron chi connectivity index (χ1n) is 6.89. The molecule has 0 aromatic carbocycles. The molecule has 1 aromatic heterocycles. The molecule has 1 aromatic rings. The van der Waals surface area contributed by atoms with E-state index in [-0.39, 0.29) is 36.5 Å². The minimum atomic E-state index is 0. The average molecular weight is 429 g/mol. The number of aliphatic hydroxyl groups excluding tert-OH is 1. The maximum atomic E-state index is 9.07. The number of aliphatic hydroxyl groups is 1. The van der Waals surface area contributed by atoms with Gasteiger partial charge in [-0.2, -0.15) is 0 Å². The lowest BCUT2D eigenvalue weighted by Gasteiger charge is -2.22. The molecule has 1 heterocycles. The van der Waals surface area contributed by atoms with E-state index in [9.17, 15) is 0 Å². The lowest BCUT2D eigenvalue weighted by atomic mass is 10.2. The van der Waals surface area contributed by atoms with Crippen molar-refractivity contribution >= 4 is 41.5 Å². The summed E-state index contributed by atoms with van der Waals surface area (Å²) in [5.74, 6) is 1.01. The van der Waals surface area contributed by atoms with Gasteiger partial charge in [0.05, 0.1) is 11.6 Å². The molecule has 122 valence electrons. The topological polar surface area (TPSA) is 52.8 Å². The highest BCUT2D eigenvalue weighted by atomic mass is 127.